The third kappa shape index (κ3) is 10.5. The maximum atomic E-state index is 14.0. The number of hydrogen-bond donors (Lipinski definition) is 2. The van der Waals surface area contributed by atoms with E-state index in [0.717, 1.165) is 38.9 Å². The smallest absolute Gasteiger partial charge is 0.410 e. The molecule has 2 aliphatic rings. The normalized spacial score (nSPS) is 18.4. The summed E-state index contributed by atoms with van der Waals surface area (Å²) in [5, 5.41) is 1.15. The Morgan fingerprint density at radius 2 is 1.54 bits per heavy atom. The van der Waals surface area contributed by atoms with E-state index >= 15 is 0 Å². The van der Waals surface area contributed by atoms with Crippen molar-refractivity contribution in [2.24, 2.45) is 0 Å². The first kappa shape index (κ1) is 42.8. The summed E-state index contributed by atoms with van der Waals surface area (Å²) in [7, 11) is 1.27. The van der Waals surface area contributed by atoms with Crippen molar-refractivity contribution < 1.29 is 47.7 Å². The van der Waals surface area contributed by atoms with E-state index in [1.165, 1.54) is 37.6 Å². The second-order valence-electron chi connectivity index (χ2n) is 15.2. The molecule has 318 valence electrons. The average molecular weight is 830 g/mol. The van der Waals surface area contributed by atoms with Crippen molar-refractivity contribution in [1.82, 2.24) is 15.4 Å². The number of ether oxygens (including phenoxy) is 5. The van der Waals surface area contributed by atoms with Crippen LogP contribution < -0.4 is 5.48 Å². The van der Waals surface area contributed by atoms with Crippen molar-refractivity contribution in [2.45, 2.75) is 77.1 Å². The van der Waals surface area contributed by atoms with Crippen molar-refractivity contribution in [3.63, 3.8) is 0 Å². The van der Waals surface area contributed by atoms with Crippen LogP contribution in [0.3, 0.4) is 0 Å². The van der Waals surface area contributed by atoms with E-state index in [-0.39, 0.29) is 38.0 Å². The van der Waals surface area contributed by atoms with Gasteiger partial charge in [-0.3, -0.25) is 19.2 Å². The van der Waals surface area contributed by atoms with Crippen LogP contribution in [-0.2, 0) is 55.9 Å². The van der Waals surface area contributed by atoms with Gasteiger partial charge in [0.1, 0.15) is 12.7 Å². The molecule has 13 heteroatoms. The first-order chi connectivity index (χ1) is 29.6. The van der Waals surface area contributed by atoms with E-state index in [9.17, 15) is 19.2 Å². The van der Waals surface area contributed by atoms with E-state index in [1.807, 2.05) is 72.8 Å². The van der Waals surface area contributed by atoms with Gasteiger partial charge >= 0.3 is 24.0 Å². The minimum absolute atomic E-state index is 0.0494. The summed E-state index contributed by atoms with van der Waals surface area (Å²) < 4.78 is 27.7. The SMILES string of the molecule is COC(=O)C[C@@H]1C[C@H](OC(C)=O)[C@@H](OC(C)=O)[C@H](ONC/C=C/c2ccc(CN(CCc3c(C)[nH]c4ccccc34)C(=O)OCC3c4ccccc4-c4ccccc43)cc2)O1. The van der Waals surface area contributed by atoms with Crippen LogP contribution >= 0.6 is 0 Å². The monoisotopic (exact) mass is 829 g/mol. The number of methoxy groups -OCH3 is 1. The Hall–Kier alpha value is -6.28. The van der Waals surface area contributed by atoms with E-state index in [2.05, 4.69) is 53.8 Å². The van der Waals surface area contributed by atoms with Crippen molar-refractivity contribution >= 4 is 41.0 Å². The number of aromatic nitrogens is 1. The summed E-state index contributed by atoms with van der Waals surface area (Å²) in [6.07, 6.45) is 0.159. The predicted octanol–water partition coefficient (Wildman–Crippen LogP) is 7.55. The largest absolute Gasteiger partial charge is 0.469 e. The molecule has 4 aromatic carbocycles. The number of nitrogens with one attached hydrogen (secondary N) is 2. The molecule has 1 aromatic heterocycles. The number of hydrogen-bond acceptors (Lipinski definition) is 11. The fourth-order valence-corrected chi connectivity index (χ4v) is 8.19. The number of aryl methyl sites for hydroxylation is 1. The number of benzene rings is 4. The zero-order valence-electron chi connectivity index (χ0n) is 34.8. The first-order valence-electron chi connectivity index (χ1n) is 20.4. The molecule has 1 saturated heterocycles. The Kier molecular flexibility index (Phi) is 13.9. The Bertz CT molecular complexity index is 2330. The summed E-state index contributed by atoms with van der Waals surface area (Å²) in [5.41, 5.74) is 12.6. The number of H-pyrrole nitrogens is 1. The molecule has 7 rings (SSSR count). The van der Waals surface area contributed by atoms with Gasteiger partial charge in [0.15, 0.2) is 6.10 Å². The molecule has 13 nitrogen and oxygen atoms in total. The van der Waals surface area contributed by atoms with Crippen LogP contribution in [0.15, 0.2) is 103 Å². The number of nitrogens with zero attached hydrogens (tertiary/aromatic N) is 1. The molecule has 2 heterocycles. The molecule has 61 heavy (non-hydrogen) atoms. The molecule has 2 N–H and O–H groups in total. The van der Waals surface area contributed by atoms with Crippen LogP contribution in [-0.4, -0.2) is 85.3 Å². The molecule has 5 aromatic rings. The third-order valence-corrected chi connectivity index (χ3v) is 11.0. The molecule has 1 aliphatic heterocycles. The van der Waals surface area contributed by atoms with Crippen molar-refractivity contribution in [3.05, 3.63) is 137 Å². The Morgan fingerprint density at radius 3 is 2.23 bits per heavy atom. The van der Waals surface area contributed by atoms with Gasteiger partial charge in [0.05, 0.1) is 19.6 Å². The van der Waals surface area contributed by atoms with Gasteiger partial charge in [-0.1, -0.05) is 103 Å². The Balaban J connectivity index is 0.993. The predicted molar refractivity (Wildman–Crippen MR) is 228 cm³/mol. The topological polar surface area (TPSA) is 155 Å². The second-order valence-corrected chi connectivity index (χ2v) is 15.2. The molecular weight excluding hydrogens is 779 g/mol. The maximum absolute atomic E-state index is 14.0. The highest BCUT2D eigenvalue weighted by molar-refractivity contribution is 5.84. The molecule has 1 aliphatic carbocycles. The standard InChI is InChI=1S/C48H51N3O10/c1-30-36(41-17-9-10-18-43(41)50-30)23-25-51(48(55)57-29-42-39-15-7-5-13-37(39)38-14-6-8-16-40(38)42)28-34-21-19-33(20-22-34)12-11-24-49-61-47-46(59-32(3)53)44(58-31(2)52)26-35(60-47)27-45(54)56-4/h5-22,35,42,44,46-47,49-50H,23-29H2,1-4H3/b12-11+/t35-,44-,46+,47-/m0/s1. The minimum atomic E-state index is -1.18. The highest BCUT2D eigenvalue weighted by atomic mass is 16.8. The lowest BCUT2D eigenvalue weighted by Gasteiger charge is -2.39. The van der Waals surface area contributed by atoms with E-state index in [1.54, 1.807) is 4.90 Å². The fraction of sp³-hybridized carbons (Fsp3) is 0.333. The number of fused-ring (bicyclic) bond motifs is 4. The molecule has 0 unspecified atom stereocenters. The van der Waals surface area contributed by atoms with Crippen LogP contribution in [0.5, 0.6) is 0 Å². The molecule has 0 bridgehead atoms. The summed E-state index contributed by atoms with van der Waals surface area (Å²) >= 11 is 0. The van der Waals surface area contributed by atoms with E-state index < -0.39 is 42.5 Å². The van der Waals surface area contributed by atoms with Gasteiger partial charge in [-0.15, -0.1) is 0 Å². The highest BCUT2D eigenvalue weighted by Gasteiger charge is 2.45. The number of esters is 3. The Labute approximate surface area is 354 Å². The summed E-state index contributed by atoms with van der Waals surface area (Å²) in [4.78, 5) is 60.8. The lowest BCUT2D eigenvalue weighted by Crippen LogP contribution is -2.54. The zero-order chi connectivity index (χ0) is 42.9. The number of para-hydroxylation sites is 1. The lowest BCUT2D eigenvalue weighted by molar-refractivity contribution is -0.291. The number of carbonyl (C=O) groups excluding carboxylic acids is 4. The lowest BCUT2D eigenvalue weighted by atomic mass is 9.98. The number of hydroxylamine groups is 1. The summed E-state index contributed by atoms with van der Waals surface area (Å²) in [6.45, 7) is 5.82. The molecule has 0 spiro atoms. The van der Waals surface area contributed by atoms with Crippen LogP contribution in [0, 0.1) is 6.92 Å². The van der Waals surface area contributed by atoms with Crippen LogP contribution in [0.2, 0.25) is 0 Å². The molecule has 1 amide bonds. The van der Waals surface area contributed by atoms with Crippen molar-refractivity contribution in [2.75, 3.05) is 26.8 Å². The molecular formula is C48H51N3O10. The highest BCUT2D eigenvalue weighted by Crippen LogP contribution is 2.44. The third-order valence-electron chi connectivity index (χ3n) is 11.0. The van der Waals surface area contributed by atoms with Gasteiger partial charge in [0.2, 0.25) is 6.29 Å². The van der Waals surface area contributed by atoms with Crippen molar-refractivity contribution in [3.8, 4) is 11.1 Å². The summed E-state index contributed by atoms with van der Waals surface area (Å²) in [6, 6.07) is 32.7. The second kappa shape index (κ2) is 19.9. The van der Waals surface area contributed by atoms with Crippen LogP contribution in [0.25, 0.3) is 28.1 Å². The summed E-state index contributed by atoms with van der Waals surface area (Å²) in [5.74, 6) is -1.75. The fourth-order valence-electron chi connectivity index (χ4n) is 8.19. The number of aromatic amines is 1. The van der Waals surface area contributed by atoms with Crippen LogP contribution in [0.4, 0.5) is 4.79 Å². The molecule has 0 saturated carbocycles. The van der Waals surface area contributed by atoms with Crippen molar-refractivity contribution in [1.29, 1.82) is 0 Å². The zero-order valence-corrected chi connectivity index (χ0v) is 34.8. The molecule has 1 fully saturated rings. The average Bonchev–Trinajstić information content (AvgIpc) is 3.75. The molecule has 4 atom stereocenters. The Morgan fingerprint density at radius 1 is 0.869 bits per heavy atom. The number of rotatable bonds is 16. The molecule has 0 radical (unpaired) electrons. The first-order valence-corrected chi connectivity index (χ1v) is 20.4. The van der Waals surface area contributed by atoms with Gasteiger partial charge in [-0.05, 0) is 58.4 Å². The number of carbonyl (C=O) groups is 4. The van der Waals surface area contributed by atoms with Gasteiger partial charge in [0, 0.05) is 62.4 Å². The van der Waals surface area contributed by atoms with Gasteiger partial charge in [-0.2, -0.15) is 5.48 Å². The van der Waals surface area contributed by atoms with E-state index in [0.29, 0.717) is 19.5 Å². The minimum Gasteiger partial charge on any atom is -0.469 e. The van der Waals surface area contributed by atoms with Gasteiger partial charge in [0.25, 0.3) is 0 Å². The quantitative estimate of drug-likeness (QED) is 0.0439. The number of amides is 1. The maximum Gasteiger partial charge on any atom is 0.410 e. The van der Waals surface area contributed by atoms with Gasteiger partial charge in [-0.25, -0.2) is 4.79 Å². The van der Waals surface area contributed by atoms with Gasteiger partial charge < -0.3 is 33.6 Å². The van der Waals surface area contributed by atoms with Crippen LogP contribution in [0.1, 0.15) is 66.1 Å². The van der Waals surface area contributed by atoms with E-state index in [4.69, 9.17) is 28.5 Å².